The number of nitrogens with zero attached hydrogens (tertiary/aromatic N) is 2. The van der Waals surface area contributed by atoms with Crippen molar-refractivity contribution in [3.05, 3.63) is 60.3 Å². The maximum Gasteiger partial charge on any atom is 0.0926 e. The first-order valence-corrected chi connectivity index (χ1v) is 6.27. The van der Waals surface area contributed by atoms with E-state index in [1.54, 1.807) is 0 Å². The number of aromatic nitrogens is 2. The summed E-state index contributed by atoms with van der Waals surface area (Å²) in [6, 6.07) is 16.4. The zero-order valence-corrected chi connectivity index (χ0v) is 10.8. The number of anilines is 1. The van der Waals surface area contributed by atoms with Crippen LogP contribution in [0.2, 0.25) is 0 Å². The van der Waals surface area contributed by atoms with Crippen LogP contribution in [0, 0.1) is 0 Å². The van der Waals surface area contributed by atoms with Crippen LogP contribution in [0.1, 0.15) is 5.56 Å². The zero-order valence-electron chi connectivity index (χ0n) is 10.8. The summed E-state index contributed by atoms with van der Waals surface area (Å²) in [7, 11) is 1.94. The SMILES string of the molecule is Cn1cc2ccc(CNNc3ccccc3)cc2n1. The van der Waals surface area contributed by atoms with Gasteiger partial charge < -0.3 is 5.43 Å². The number of hydrogen-bond acceptors (Lipinski definition) is 3. The molecule has 1 heterocycles. The number of rotatable bonds is 4. The average molecular weight is 252 g/mol. The second kappa shape index (κ2) is 5.12. The third-order valence-electron chi connectivity index (χ3n) is 2.99. The summed E-state index contributed by atoms with van der Waals surface area (Å²) in [5.74, 6) is 0. The molecular formula is C15H16N4. The molecule has 0 atom stereocenters. The normalized spacial score (nSPS) is 10.8. The molecule has 0 unspecified atom stereocenters. The van der Waals surface area contributed by atoms with E-state index in [-0.39, 0.29) is 0 Å². The summed E-state index contributed by atoms with van der Waals surface area (Å²) in [5.41, 5.74) is 9.67. The lowest BCUT2D eigenvalue weighted by atomic mass is 10.2. The monoisotopic (exact) mass is 252 g/mol. The molecule has 4 heteroatoms. The molecule has 2 aromatic carbocycles. The van der Waals surface area contributed by atoms with Crippen molar-refractivity contribution in [2.75, 3.05) is 5.43 Å². The summed E-state index contributed by atoms with van der Waals surface area (Å²) >= 11 is 0. The lowest BCUT2D eigenvalue weighted by molar-refractivity contribution is 0.778. The van der Waals surface area contributed by atoms with E-state index < -0.39 is 0 Å². The van der Waals surface area contributed by atoms with Gasteiger partial charge in [-0.2, -0.15) is 5.10 Å². The first-order valence-electron chi connectivity index (χ1n) is 6.27. The molecule has 96 valence electrons. The minimum Gasteiger partial charge on any atom is -0.321 e. The number of aryl methyl sites for hydroxylation is 1. The van der Waals surface area contributed by atoms with Crippen molar-refractivity contribution < 1.29 is 0 Å². The van der Waals surface area contributed by atoms with Crippen molar-refractivity contribution in [2.24, 2.45) is 7.05 Å². The van der Waals surface area contributed by atoms with Crippen LogP contribution in [0.4, 0.5) is 5.69 Å². The second-order valence-electron chi connectivity index (χ2n) is 4.54. The van der Waals surface area contributed by atoms with E-state index in [1.165, 1.54) is 10.9 Å². The summed E-state index contributed by atoms with van der Waals surface area (Å²) in [6.45, 7) is 0.751. The highest BCUT2D eigenvalue weighted by Gasteiger charge is 2.00. The Hall–Kier alpha value is -2.33. The van der Waals surface area contributed by atoms with E-state index in [0.717, 1.165) is 17.7 Å². The number of benzene rings is 2. The summed E-state index contributed by atoms with van der Waals surface area (Å²) in [4.78, 5) is 0. The predicted octanol–water partition coefficient (Wildman–Crippen LogP) is 2.69. The van der Waals surface area contributed by atoms with Crippen molar-refractivity contribution in [1.82, 2.24) is 15.2 Å². The quantitative estimate of drug-likeness (QED) is 0.701. The Bertz CT molecular complexity index is 673. The van der Waals surface area contributed by atoms with Crippen LogP contribution in [0.5, 0.6) is 0 Å². The third kappa shape index (κ3) is 2.74. The van der Waals surface area contributed by atoms with Gasteiger partial charge in [-0.05, 0) is 23.8 Å². The van der Waals surface area contributed by atoms with Gasteiger partial charge in [0.15, 0.2) is 0 Å². The molecule has 19 heavy (non-hydrogen) atoms. The van der Waals surface area contributed by atoms with E-state index >= 15 is 0 Å². The number of fused-ring (bicyclic) bond motifs is 1. The maximum atomic E-state index is 4.41. The molecule has 0 saturated heterocycles. The molecule has 0 radical (unpaired) electrons. The Morgan fingerprint density at radius 1 is 1.11 bits per heavy atom. The standard InChI is InChI=1S/C15H16N4/c1-19-11-13-8-7-12(9-15(13)18-19)10-16-17-14-5-3-2-4-6-14/h2-9,11,16-17H,10H2,1H3. The highest BCUT2D eigenvalue weighted by molar-refractivity contribution is 5.78. The van der Waals surface area contributed by atoms with E-state index in [1.807, 2.05) is 48.3 Å². The summed E-state index contributed by atoms with van der Waals surface area (Å²) in [5, 5.41) is 5.58. The van der Waals surface area contributed by atoms with Gasteiger partial charge in [0, 0.05) is 30.9 Å². The van der Waals surface area contributed by atoms with E-state index in [4.69, 9.17) is 0 Å². The van der Waals surface area contributed by atoms with Gasteiger partial charge in [-0.3, -0.25) is 4.68 Å². The Labute approximate surface area is 112 Å². The lowest BCUT2D eigenvalue weighted by Gasteiger charge is -2.08. The smallest absolute Gasteiger partial charge is 0.0926 e. The first kappa shape index (κ1) is 11.7. The minimum absolute atomic E-state index is 0.751. The van der Waals surface area contributed by atoms with Crippen molar-refractivity contribution in [3.8, 4) is 0 Å². The van der Waals surface area contributed by atoms with Gasteiger partial charge >= 0.3 is 0 Å². The molecule has 3 aromatic rings. The molecule has 0 aliphatic heterocycles. The lowest BCUT2D eigenvalue weighted by Crippen LogP contribution is -2.20. The van der Waals surface area contributed by atoms with Crippen LogP contribution in [-0.2, 0) is 13.6 Å². The highest BCUT2D eigenvalue weighted by atomic mass is 15.3. The molecule has 0 bridgehead atoms. The van der Waals surface area contributed by atoms with Crippen LogP contribution >= 0.6 is 0 Å². The number of hydrogen-bond donors (Lipinski definition) is 2. The van der Waals surface area contributed by atoms with Crippen molar-refractivity contribution >= 4 is 16.6 Å². The predicted molar refractivity (Wildman–Crippen MR) is 77.6 cm³/mol. The second-order valence-corrected chi connectivity index (χ2v) is 4.54. The maximum absolute atomic E-state index is 4.41. The van der Waals surface area contributed by atoms with E-state index in [2.05, 4.69) is 34.1 Å². The zero-order chi connectivity index (χ0) is 13.1. The highest BCUT2D eigenvalue weighted by Crippen LogP contribution is 2.13. The molecule has 0 aliphatic carbocycles. The topological polar surface area (TPSA) is 41.9 Å². The molecule has 0 aliphatic rings. The molecular weight excluding hydrogens is 236 g/mol. The first-order chi connectivity index (χ1) is 9.31. The molecule has 3 rings (SSSR count). The van der Waals surface area contributed by atoms with Gasteiger partial charge in [-0.25, -0.2) is 5.43 Å². The van der Waals surface area contributed by atoms with E-state index in [0.29, 0.717) is 0 Å². The van der Waals surface area contributed by atoms with Crippen LogP contribution in [0.3, 0.4) is 0 Å². The van der Waals surface area contributed by atoms with Gasteiger partial charge in [0.05, 0.1) is 5.52 Å². The Kier molecular flexibility index (Phi) is 3.16. The van der Waals surface area contributed by atoms with Crippen molar-refractivity contribution in [2.45, 2.75) is 6.54 Å². The minimum atomic E-state index is 0.751. The summed E-state index contributed by atoms with van der Waals surface area (Å²) in [6.07, 6.45) is 2.02. The van der Waals surface area contributed by atoms with Gasteiger partial charge in [0.1, 0.15) is 0 Å². The molecule has 1 aromatic heterocycles. The average Bonchev–Trinajstić information content (AvgIpc) is 2.79. The Morgan fingerprint density at radius 2 is 1.95 bits per heavy atom. The van der Waals surface area contributed by atoms with Crippen molar-refractivity contribution in [3.63, 3.8) is 0 Å². The molecule has 0 spiro atoms. The van der Waals surface area contributed by atoms with Crippen LogP contribution in [-0.4, -0.2) is 9.78 Å². The van der Waals surface area contributed by atoms with Gasteiger partial charge in [0.25, 0.3) is 0 Å². The molecule has 2 N–H and O–H groups in total. The number of hydrazine groups is 1. The van der Waals surface area contributed by atoms with Gasteiger partial charge in [0.2, 0.25) is 0 Å². The fourth-order valence-electron chi connectivity index (χ4n) is 2.06. The fourth-order valence-corrected chi connectivity index (χ4v) is 2.06. The molecule has 4 nitrogen and oxygen atoms in total. The van der Waals surface area contributed by atoms with Crippen molar-refractivity contribution in [1.29, 1.82) is 0 Å². The largest absolute Gasteiger partial charge is 0.321 e. The van der Waals surface area contributed by atoms with Crippen LogP contribution in [0.25, 0.3) is 10.9 Å². The molecule has 0 amide bonds. The van der Waals surface area contributed by atoms with E-state index in [9.17, 15) is 0 Å². The Balaban J connectivity index is 1.65. The van der Waals surface area contributed by atoms with Crippen LogP contribution in [0.15, 0.2) is 54.7 Å². The summed E-state index contributed by atoms with van der Waals surface area (Å²) < 4.78 is 1.84. The fraction of sp³-hybridized carbons (Fsp3) is 0.133. The Morgan fingerprint density at radius 3 is 2.79 bits per heavy atom. The number of para-hydroxylation sites is 1. The molecule has 0 fully saturated rings. The van der Waals surface area contributed by atoms with Gasteiger partial charge in [-0.15, -0.1) is 0 Å². The van der Waals surface area contributed by atoms with Gasteiger partial charge in [-0.1, -0.05) is 30.3 Å². The third-order valence-corrected chi connectivity index (χ3v) is 2.99. The van der Waals surface area contributed by atoms with Crippen LogP contribution < -0.4 is 10.9 Å². The molecule has 0 saturated carbocycles. The number of nitrogens with one attached hydrogen (secondary N) is 2.